The van der Waals surface area contributed by atoms with Crippen LogP contribution in [0.4, 0.5) is 17.1 Å². The van der Waals surface area contributed by atoms with Crippen LogP contribution in [0.1, 0.15) is 0 Å². The molecule has 0 bridgehead atoms. The third-order valence-corrected chi connectivity index (χ3v) is 10.9. The summed E-state index contributed by atoms with van der Waals surface area (Å²) in [5, 5.41) is 7.66. The third kappa shape index (κ3) is 4.25. The zero-order chi connectivity index (χ0) is 34.2. The van der Waals surface area contributed by atoms with Crippen LogP contribution in [-0.2, 0) is 0 Å². The van der Waals surface area contributed by atoms with E-state index in [2.05, 4.69) is 204 Å². The van der Waals surface area contributed by atoms with Crippen molar-refractivity contribution < 1.29 is 0 Å². The molecule has 9 aromatic carbocycles. The van der Waals surface area contributed by atoms with Crippen LogP contribution in [0, 0.1) is 0 Å². The number of hydrogen-bond donors (Lipinski definition) is 0. The molecule has 0 N–H and O–H groups in total. The number of nitrogens with zero attached hydrogens (tertiary/aromatic N) is 2. The van der Waals surface area contributed by atoms with Crippen molar-refractivity contribution in [1.82, 2.24) is 4.57 Å². The van der Waals surface area contributed by atoms with Gasteiger partial charge in [0.2, 0.25) is 0 Å². The molecule has 0 atom stereocenters. The van der Waals surface area contributed by atoms with Gasteiger partial charge in [0.25, 0.3) is 0 Å². The first-order valence-electron chi connectivity index (χ1n) is 17.9. The van der Waals surface area contributed by atoms with E-state index in [9.17, 15) is 0 Å². The number of rotatable bonds is 5. The van der Waals surface area contributed by atoms with Crippen molar-refractivity contribution in [3.63, 3.8) is 0 Å². The molecular formula is C50H32N2. The highest BCUT2D eigenvalue weighted by Gasteiger charge is 2.29. The van der Waals surface area contributed by atoms with Crippen LogP contribution in [-0.4, -0.2) is 4.57 Å². The Morgan fingerprint density at radius 3 is 1.85 bits per heavy atom. The van der Waals surface area contributed by atoms with Crippen LogP contribution in [0.3, 0.4) is 0 Å². The minimum Gasteiger partial charge on any atom is -0.310 e. The van der Waals surface area contributed by atoms with Crippen molar-refractivity contribution in [2.24, 2.45) is 0 Å². The molecule has 242 valence electrons. The molecule has 0 aliphatic heterocycles. The lowest BCUT2D eigenvalue weighted by Crippen LogP contribution is -2.11. The molecule has 1 aliphatic carbocycles. The van der Waals surface area contributed by atoms with E-state index in [0.29, 0.717) is 0 Å². The summed E-state index contributed by atoms with van der Waals surface area (Å²) in [7, 11) is 0. The van der Waals surface area contributed by atoms with Crippen LogP contribution in [0.2, 0.25) is 0 Å². The number of benzene rings is 9. The fourth-order valence-electron chi connectivity index (χ4n) is 8.64. The predicted molar refractivity (Wildman–Crippen MR) is 220 cm³/mol. The topological polar surface area (TPSA) is 8.17 Å². The zero-order valence-electron chi connectivity index (χ0n) is 28.4. The quantitative estimate of drug-likeness (QED) is 0.167. The molecule has 1 aliphatic rings. The summed E-state index contributed by atoms with van der Waals surface area (Å²) in [6.45, 7) is 0. The number of hydrogen-bond acceptors (Lipinski definition) is 1. The Balaban J connectivity index is 1.18. The maximum Gasteiger partial charge on any atom is 0.0546 e. The second-order valence-corrected chi connectivity index (χ2v) is 13.7. The molecule has 0 radical (unpaired) electrons. The first kappa shape index (κ1) is 28.9. The molecular weight excluding hydrogens is 629 g/mol. The molecule has 52 heavy (non-hydrogen) atoms. The molecule has 0 spiro atoms. The van der Waals surface area contributed by atoms with E-state index in [1.807, 2.05) is 0 Å². The van der Waals surface area contributed by atoms with Crippen molar-refractivity contribution >= 4 is 60.4 Å². The highest BCUT2D eigenvalue weighted by Crippen LogP contribution is 2.55. The van der Waals surface area contributed by atoms with Crippen LogP contribution < -0.4 is 4.90 Å². The van der Waals surface area contributed by atoms with Gasteiger partial charge >= 0.3 is 0 Å². The molecule has 11 rings (SSSR count). The highest BCUT2D eigenvalue weighted by atomic mass is 15.1. The summed E-state index contributed by atoms with van der Waals surface area (Å²) in [6.07, 6.45) is 0. The van der Waals surface area contributed by atoms with E-state index in [1.54, 1.807) is 0 Å². The van der Waals surface area contributed by atoms with Crippen molar-refractivity contribution in [3.05, 3.63) is 194 Å². The normalized spacial score (nSPS) is 11.8. The second kappa shape index (κ2) is 11.3. The molecule has 0 unspecified atom stereocenters. The number of para-hydroxylation sites is 2. The van der Waals surface area contributed by atoms with Crippen molar-refractivity contribution in [3.8, 4) is 39.1 Å². The Labute approximate surface area is 302 Å². The van der Waals surface area contributed by atoms with Crippen LogP contribution in [0.5, 0.6) is 0 Å². The van der Waals surface area contributed by atoms with E-state index in [-0.39, 0.29) is 0 Å². The number of aromatic nitrogens is 1. The minimum absolute atomic E-state index is 1.12. The van der Waals surface area contributed by atoms with E-state index in [4.69, 9.17) is 0 Å². The fraction of sp³-hybridized carbons (Fsp3) is 0. The Morgan fingerprint density at radius 1 is 0.365 bits per heavy atom. The fourth-order valence-corrected chi connectivity index (χ4v) is 8.64. The maximum absolute atomic E-state index is 2.47. The van der Waals surface area contributed by atoms with E-state index >= 15 is 0 Å². The van der Waals surface area contributed by atoms with Gasteiger partial charge in [0.15, 0.2) is 0 Å². The van der Waals surface area contributed by atoms with Crippen LogP contribution in [0.25, 0.3) is 82.4 Å². The van der Waals surface area contributed by atoms with E-state index < -0.39 is 0 Å². The van der Waals surface area contributed by atoms with Gasteiger partial charge in [-0.05, 0) is 110 Å². The summed E-state index contributed by atoms with van der Waals surface area (Å²) < 4.78 is 2.39. The molecule has 0 saturated heterocycles. The molecule has 2 nitrogen and oxygen atoms in total. The van der Waals surface area contributed by atoms with Gasteiger partial charge in [-0.15, -0.1) is 0 Å². The Morgan fingerprint density at radius 2 is 1.00 bits per heavy atom. The van der Waals surface area contributed by atoms with Gasteiger partial charge in [-0.3, -0.25) is 0 Å². The lowest BCUT2D eigenvalue weighted by Gasteiger charge is -2.28. The highest BCUT2D eigenvalue weighted by molar-refractivity contribution is 6.26. The molecule has 10 aromatic rings. The van der Waals surface area contributed by atoms with Gasteiger partial charge in [0.05, 0.1) is 16.7 Å². The Kier molecular flexibility index (Phi) is 6.28. The number of fused-ring (bicyclic) bond motifs is 8. The van der Waals surface area contributed by atoms with E-state index in [0.717, 1.165) is 17.1 Å². The second-order valence-electron chi connectivity index (χ2n) is 13.7. The monoisotopic (exact) mass is 660 g/mol. The summed E-state index contributed by atoms with van der Waals surface area (Å²) >= 11 is 0. The Bertz CT molecular complexity index is 2990. The molecule has 0 fully saturated rings. The number of anilines is 3. The molecule has 0 saturated carbocycles. The average molecular weight is 661 g/mol. The first-order chi connectivity index (χ1) is 25.8. The standard InChI is InChI=1S/C50H32N2/c1-3-13-33(14-4-1)34-25-27-38(28-26-34)51(39-29-30-46-44(32-39)41-20-9-10-23-45(41)52(46)37-17-5-2-6-18-37)47-24-12-22-43-49(47)42-21-11-16-36-31-35-15-7-8-19-40(35)50(43)48(36)42/h1-32H. The average Bonchev–Trinajstić information content (AvgIpc) is 3.73. The lowest BCUT2D eigenvalue weighted by atomic mass is 9.96. The van der Waals surface area contributed by atoms with Crippen LogP contribution >= 0.6 is 0 Å². The van der Waals surface area contributed by atoms with Crippen molar-refractivity contribution in [2.75, 3.05) is 4.90 Å². The molecule has 0 amide bonds. The van der Waals surface area contributed by atoms with Gasteiger partial charge in [0.1, 0.15) is 0 Å². The van der Waals surface area contributed by atoms with Gasteiger partial charge in [-0.1, -0.05) is 133 Å². The van der Waals surface area contributed by atoms with Crippen molar-refractivity contribution in [2.45, 2.75) is 0 Å². The van der Waals surface area contributed by atoms with Crippen LogP contribution in [0.15, 0.2) is 194 Å². The predicted octanol–water partition coefficient (Wildman–Crippen LogP) is 13.9. The molecule has 1 heterocycles. The van der Waals surface area contributed by atoms with Gasteiger partial charge in [-0.2, -0.15) is 0 Å². The maximum atomic E-state index is 2.47. The largest absolute Gasteiger partial charge is 0.310 e. The van der Waals surface area contributed by atoms with Gasteiger partial charge < -0.3 is 9.47 Å². The smallest absolute Gasteiger partial charge is 0.0546 e. The first-order valence-corrected chi connectivity index (χ1v) is 17.9. The summed E-state index contributed by atoms with van der Waals surface area (Å²) in [6, 6.07) is 70.9. The minimum atomic E-state index is 1.12. The lowest BCUT2D eigenvalue weighted by molar-refractivity contribution is 1.18. The van der Waals surface area contributed by atoms with Crippen molar-refractivity contribution in [1.29, 1.82) is 0 Å². The van der Waals surface area contributed by atoms with E-state index in [1.165, 1.54) is 82.4 Å². The van der Waals surface area contributed by atoms with Gasteiger partial charge in [-0.25, -0.2) is 0 Å². The van der Waals surface area contributed by atoms with Gasteiger partial charge in [0, 0.05) is 33.4 Å². The summed E-state index contributed by atoms with van der Waals surface area (Å²) in [5.41, 5.74) is 14.6. The zero-order valence-corrected chi connectivity index (χ0v) is 28.4. The Hall–Kier alpha value is -6.90. The summed E-state index contributed by atoms with van der Waals surface area (Å²) in [5.74, 6) is 0. The SMILES string of the molecule is c1ccc(-c2ccc(N(c3ccc4c(c3)c3ccccc3n4-c3ccccc3)c3cccc4c3-c3cccc5cc6ccccc6c-4c35)cc2)cc1. The molecule has 1 aromatic heterocycles. The summed E-state index contributed by atoms with van der Waals surface area (Å²) in [4.78, 5) is 2.47. The molecule has 2 heteroatoms. The third-order valence-electron chi connectivity index (χ3n) is 10.9.